The number of carbonyl (C=O) groups excluding carboxylic acids is 3. The molecule has 7 nitrogen and oxygen atoms in total. The lowest BCUT2D eigenvalue weighted by Gasteiger charge is -2.32. The minimum absolute atomic E-state index is 0.274. The number of hydrazine groups is 1. The molecule has 0 spiro atoms. The van der Waals surface area contributed by atoms with Crippen LogP contribution >= 0.6 is 0 Å². The van der Waals surface area contributed by atoms with Crippen LogP contribution in [0.5, 0.6) is 5.75 Å². The number of amides is 2. The Balaban J connectivity index is 2.03. The average Bonchev–Trinajstić information content (AvgIpc) is 2.61. The molecule has 0 aromatic heterocycles. The number of benzene rings is 1. The maximum absolute atomic E-state index is 12.4. The molecule has 25 heavy (non-hydrogen) atoms. The average molecular weight is 345 g/mol. The number of allylic oxidation sites excluding steroid dienone is 2. The predicted octanol–water partition coefficient (Wildman–Crippen LogP) is 0.569. The van der Waals surface area contributed by atoms with Gasteiger partial charge in [-0.15, -0.1) is 0 Å². The van der Waals surface area contributed by atoms with Gasteiger partial charge in [-0.25, -0.2) is 0 Å². The highest BCUT2D eigenvalue weighted by atomic mass is 16.5. The number of carboxylic acids is 1. The van der Waals surface area contributed by atoms with E-state index in [9.17, 15) is 19.5 Å². The monoisotopic (exact) mass is 345 g/mol. The highest BCUT2D eigenvalue weighted by Gasteiger charge is 2.33. The van der Waals surface area contributed by atoms with Crippen molar-refractivity contribution >= 4 is 17.8 Å². The molecule has 0 saturated carbocycles. The first-order chi connectivity index (χ1) is 11.8. The van der Waals surface area contributed by atoms with Gasteiger partial charge in [0.1, 0.15) is 5.75 Å². The van der Waals surface area contributed by atoms with E-state index in [4.69, 9.17) is 4.74 Å². The fourth-order valence-corrected chi connectivity index (χ4v) is 2.86. The third-order valence-electron chi connectivity index (χ3n) is 4.54. The van der Waals surface area contributed by atoms with E-state index in [0.717, 1.165) is 11.1 Å². The van der Waals surface area contributed by atoms with Crippen LogP contribution in [0.1, 0.15) is 37.0 Å². The van der Waals surface area contributed by atoms with Crippen LogP contribution in [-0.4, -0.2) is 24.9 Å². The number of hydrogen-bond donors (Lipinski definition) is 2. The van der Waals surface area contributed by atoms with E-state index in [0.29, 0.717) is 17.7 Å². The quantitative estimate of drug-likeness (QED) is 0.613. The summed E-state index contributed by atoms with van der Waals surface area (Å²) in [5.41, 5.74) is 6.88. The van der Waals surface area contributed by atoms with E-state index in [1.807, 2.05) is 13.8 Å². The highest BCUT2D eigenvalue weighted by Crippen LogP contribution is 2.33. The Morgan fingerprint density at radius 1 is 1.08 bits per heavy atom. The fourth-order valence-electron chi connectivity index (χ4n) is 2.86. The maximum atomic E-state index is 12.4. The van der Waals surface area contributed by atoms with Crippen LogP contribution in [0.2, 0.25) is 0 Å². The Morgan fingerprint density at radius 3 is 2.32 bits per heavy atom. The van der Waals surface area contributed by atoms with Gasteiger partial charge in [-0.2, -0.15) is 0 Å². The molecule has 2 N–H and O–H groups in total. The number of carboxylic acid groups (broad SMARTS) is 1. The molecule has 134 valence electrons. The van der Waals surface area contributed by atoms with E-state index in [1.54, 1.807) is 18.2 Å². The molecule has 2 unspecified atom stereocenters. The van der Waals surface area contributed by atoms with Crippen LogP contribution in [0.3, 0.4) is 0 Å². The Kier molecular flexibility index (Phi) is 5.80. The zero-order chi connectivity index (χ0) is 18.6. The van der Waals surface area contributed by atoms with Crippen molar-refractivity contribution in [1.82, 2.24) is 10.9 Å². The van der Waals surface area contributed by atoms with Crippen molar-refractivity contribution in [2.24, 2.45) is 11.8 Å². The topological polar surface area (TPSA) is 108 Å². The molecule has 7 heteroatoms. The molecular formula is C18H21N2O5-. The van der Waals surface area contributed by atoms with Crippen LogP contribution < -0.4 is 20.7 Å². The third kappa shape index (κ3) is 4.37. The Labute approximate surface area is 146 Å². The molecule has 1 aromatic carbocycles. The lowest BCUT2D eigenvalue weighted by Crippen LogP contribution is -2.49. The molecule has 2 rings (SSSR count). The summed E-state index contributed by atoms with van der Waals surface area (Å²) in [5, 5.41) is 11.3. The Bertz CT molecular complexity index is 726. The van der Waals surface area contributed by atoms with Crippen LogP contribution in [0.15, 0.2) is 35.4 Å². The second-order valence-corrected chi connectivity index (χ2v) is 6.18. The first-order valence-corrected chi connectivity index (χ1v) is 7.93. The molecule has 0 radical (unpaired) electrons. The van der Waals surface area contributed by atoms with Crippen LogP contribution in [0.4, 0.5) is 0 Å². The summed E-state index contributed by atoms with van der Waals surface area (Å²) in [6.45, 7) is 3.72. The third-order valence-corrected chi connectivity index (χ3v) is 4.54. The zero-order valence-electron chi connectivity index (χ0n) is 14.4. The molecule has 0 fully saturated rings. The predicted molar refractivity (Wildman–Crippen MR) is 88.2 cm³/mol. The normalized spacial score (nSPS) is 20.0. The summed E-state index contributed by atoms with van der Waals surface area (Å²) in [5.74, 6) is -3.49. The summed E-state index contributed by atoms with van der Waals surface area (Å²) in [4.78, 5) is 35.8. The number of carbonyl (C=O) groups is 3. The Hall–Kier alpha value is -2.83. The van der Waals surface area contributed by atoms with Crippen molar-refractivity contribution in [3.63, 3.8) is 0 Å². The summed E-state index contributed by atoms with van der Waals surface area (Å²) >= 11 is 0. The van der Waals surface area contributed by atoms with Gasteiger partial charge < -0.3 is 14.6 Å². The van der Waals surface area contributed by atoms with Gasteiger partial charge in [0.05, 0.1) is 13.0 Å². The Morgan fingerprint density at radius 2 is 1.72 bits per heavy atom. The summed E-state index contributed by atoms with van der Waals surface area (Å²) in [6.07, 6.45) is 0.599. The van der Waals surface area contributed by atoms with Gasteiger partial charge in [0, 0.05) is 17.5 Å². The number of ether oxygens (including phenoxy) is 1. The SMILES string of the molecule is COc1cccc(C(=O)NNC(=O)C2CC(C)=C(C)CC2C(=O)[O-])c1. The van der Waals surface area contributed by atoms with E-state index < -0.39 is 29.6 Å². The largest absolute Gasteiger partial charge is 0.550 e. The van der Waals surface area contributed by atoms with Gasteiger partial charge >= 0.3 is 0 Å². The minimum atomic E-state index is -1.26. The van der Waals surface area contributed by atoms with Crippen molar-refractivity contribution in [3.8, 4) is 5.75 Å². The van der Waals surface area contributed by atoms with Gasteiger partial charge in [0.2, 0.25) is 5.91 Å². The standard InChI is InChI=1S/C18H22N2O5/c1-10-7-14(15(18(23)24)8-11(10)2)17(22)20-19-16(21)12-5-4-6-13(9-12)25-3/h4-6,9,14-15H,7-8H2,1-3H3,(H,19,21)(H,20,22)(H,23,24)/p-1. The van der Waals surface area contributed by atoms with E-state index in [2.05, 4.69) is 10.9 Å². The molecule has 1 aliphatic carbocycles. The smallest absolute Gasteiger partial charge is 0.269 e. The highest BCUT2D eigenvalue weighted by molar-refractivity contribution is 5.96. The van der Waals surface area contributed by atoms with E-state index in [1.165, 1.54) is 13.2 Å². The number of methoxy groups -OCH3 is 1. The lowest BCUT2D eigenvalue weighted by molar-refractivity contribution is -0.313. The molecule has 0 bridgehead atoms. The van der Waals surface area contributed by atoms with Crippen molar-refractivity contribution in [3.05, 3.63) is 41.0 Å². The summed E-state index contributed by atoms with van der Waals surface area (Å²) in [7, 11) is 1.49. The van der Waals surface area contributed by atoms with E-state index in [-0.39, 0.29) is 6.42 Å². The molecule has 2 atom stereocenters. The van der Waals surface area contributed by atoms with Gasteiger partial charge in [0.15, 0.2) is 0 Å². The van der Waals surface area contributed by atoms with Gasteiger partial charge in [0.25, 0.3) is 5.91 Å². The number of rotatable bonds is 4. The van der Waals surface area contributed by atoms with Crippen molar-refractivity contribution < 1.29 is 24.2 Å². The zero-order valence-corrected chi connectivity index (χ0v) is 14.4. The second kappa shape index (κ2) is 7.83. The van der Waals surface area contributed by atoms with Crippen molar-refractivity contribution in [2.45, 2.75) is 26.7 Å². The maximum Gasteiger partial charge on any atom is 0.269 e. The molecule has 0 heterocycles. The lowest BCUT2D eigenvalue weighted by atomic mass is 9.76. The van der Waals surface area contributed by atoms with Gasteiger partial charge in [-0.3, -0.25) is 20.4 Å². The number of aliphatic carboxylic acids is 1. The fraction of sp³-hybridized carbons (Fsp3) is 0.389. The van der Waals surface area contributed by atoms with Gasteiger partial charge in [-0.05, 0) is 44.9 Å². The first-order valence-electron chi connectivity index (χ1n) is 7.93. The molecule has 0 saturated heterocycles. The van der Waals surface area contributed by atoms with Crippen molar-refractivity contribution in [1.29, 1.82) is 0 Å². The van der Waals surface area contributed by atoms with E-state index >= 15 is 0 Å². The number of hydrogen-bond acceptors (Lipinski definition) is 5. The number of nitrogens with one attached hydrogen (secondary N) is 2. The molecule has 1 aliphatic rings. The first kappa shape index (κ1) is 18.5. The summed E-state index contributed by atoms with van der Waals surface area (Å²) < 4.78 is 5.04. The van der Waals surface area contributed by atoms with Crippen LogP contribution in [-0.2, 0) is 9.59 Å². The minimum Gasteiger partial charge on any atom is -0.550 e. The molecule has 0 aliphatic heterocycles. The molecule has 2 amide bonds. The van der Waals surface area contributed by atoms with Gasteiger partial charge in [-0.1, -0.05) is 17.2 Å². The van der Waals surface area contributed by atoms with Crippen molar-refractivity contribution in [2.75, 3.05) is 7.11 Å². The molecule has 1 aromatic rings. The van der Waals surface area contributed by atoms with Crippen LogP contribution in [0, 0.1) is 11.8 Å². The summed E-state index contributed by atoms with van der Waals surface area (Å²) in [6, 6.07) is 6.45. The molecular weight excluding hydrogens is 324 g/mol. The van der Waals surface area contributed by atoms with Crippen LogP contribution in [0.25, 0.3) is 0 Å². The second-order valence-electron chi connectivity index (χ2n) is 6.18.